The maximum absolute atomic E-state index is 13.1. The van der Waals surface area contributed by atoms with E-state index in [1.54, 1.807) is 41.2 Å². The Hall–Kier alpha value is -2.67. The number of halogens is 3. The highest BCUT2D eigenvalue weighted by atomic mass is 19.4. The fourth-order valence-corrected chi connectivity index (χ4v) is 4.49. The minimum atomic E-state index is -4.18. The Kier molecular flexibility index (Phi) is 6.41. The molecule has 2 heterocycles. The minimum absolute atomic E-state index is 0.0293. The third-order valence-electron chi connectivity index (χ3n) is 6.18. The van der Waals surface area contributed by atoms with Crippen LogP contribution in [0.3, 0.4) is 0 Å². The first kappa shape index (κ1) is 21.6. The molecule has 0 N–H and O–H groups in total. The van der Waals surface area contributed by atoms with Crippen molar-refractivity contribution in [1.82, 2.24) is 14.5 Å². The maximum Gasteiger partial charge on any atom is 0.389 e. The molecule has 1 aliphatic heterocycles. The molecular weight excluding hydrogens is 403 g/mol. The highest BCUT2D eigenvalue weighted by Gasteiger charge is 2.33. The molecule has 0 radical (unpaired) electrons. The second-order valence-electron chi connectivity index (χ2n) is 8.26. The van der Waals surface area contributed by atoms with Gasteiger partial charge in [0.2, 0.25) is 0 Å². The molecule has 164 valence electrons. The zero-order valence-corrected chi connectivity index (χ0v) is 17.3. The number of rotatable bonds is 6. The molecule has 0 bridgehead atoms. The van der Waals surface area contributed by atoms with E-state index in [9.17, 15) is 18.0 Å². The van der Waals surface area contributed by atoms with Gasteiger partial charge in [-0.1, -0.05) is 42.5 Å². The molecule has 1 aliphatic rings. The molecule has 4 rings (SSSR count). The summed E-state index contributed by atoms with van der Waals surface area (Å²) in [6.07, 6.45) is -1.32. The van der Waals surface area contributed by atoms with Gasteiger partial charge in [0.05, 0.1) is 23.7 Å². The van der Waals surface area contributed by atoms with Crippen LogP contribution in [0.15, 0.2) is 65.7 Å². The fraction of sp³-hybridized carbons (Fsp3) is 0.417. The molecular formula is C24H26F3N3O. The van der Waals surface area contributed by atoms with Crippen molar-refractivity contribution in [2.24, 2.45) is 0 Å². The standard InChI is InChI=1S/C24H26F3N3O/c25-24(26,27)16-19(18-6-2-1-3-7-18)10-13-29-14-11-20(12-15-29)30-17-28-22-9-5-4-8-21(22)23(30)31/h1-9,17,19-20H,10-16H2. The summed E-state index contributed by atoms with van der Waals surface area (Å²) in [5.74, 6) is -0.536. The van der Waals surface area contributed by atoms with Crippen molar-refractivity contribution in [1.29, 1.82) is 0 Å². The number of aromatic nitrogens is 2. The summed E-state index contributed by atoms with van der Waals surface area (Å²) >= 11 is 0. The van der Waals surface area contributed by atoms with Crippen LogP contribution in [0.2, 0.25) is 0 Å². The van der Waals surface area contributed by atoms with Crippen molar-refractivity contribution in [3.05, 3.63) is 76.8 Å². The Labute approximate surface area is 179 Å². The lowest BCUT2D eigenvalue weighted by molar-refractivity contribution is -0.139. The van der Waals surface area contributed by atoms with Crippen LogP contribution in [0, 0.1) is 0 Å². The number of para-hydroxylation sites is 1. The van der Waals surface area contributed by atoms with Gasteiger partial charge in [-0.25, -0.2) is 4.98 Å². The van der Waals surface area contributed by atoms with Crippen LogP contribution in [0.25, 0.3) is 10.9 Å². The molecule has 1 fully saturated rings. The number of likely N-dealkylation sites (tertiary alicyclic amines) is 1. The number of hydrogen-bond donors (Lipinski definition) is 0. The van der Waals surface area contributed by atoms with Crippen LogP contribution in [0.5, 0.6) is 0 Å². The van der Waals surface area contributed by atoms with Gasteiger partial charge in [0.1, 0.15) is 0 Å². The van der Waals surface area contributed by atoms with E-state index in [1.807, 2.05) is 24.3 Å². The number of hydrogen-bond acceptors (Lipinski definition) is 3. The van der Waals surface area contributed by atoms with E-state index >= 15 is 0 Å². The topological polar surface area (TPSA) is 38.1 Å². The minimum Gasteiger partial charge on any atom is -0.303 e. The molecule has 7 heteroatoms. The lowest BCUT2D eigenvalue weighted by Crippen LogP contribution is -2.38. The normalized spacial score (nSPS) is 17.1. The average Bonchev–Trinajstić information content (AvgIpc) is 2.77. The van der Waals surface area contributed by atoms with Crippen LogP contribution in [0.1, 0.15) is 43.2 Å². The quantitative estimate of drug-likeness (QED) is 0.543. The monoisotopic (exact) mass is 429 g/mol. The van der Waals surface area contributed by atoms with E-state index in [2.05, 4.69) is 9.88 Å². The third-order valence-corrected chi connectivity index (χ3v) is 6.18. The summed E-state index contributed by atoms with van der Waals surface area (Å²) in [6.45, 7) is 2.14. The summed E-state index contributed by atoms with van der Waals surface area (Å²) < 4.78 is 41.0. The molecule has 0 aliphatic carbocycles. The van der Waals surface area contributed by atoms with E-state index < -0.39 is 18.5 Å². The first-order valence-corrected chi connectivity index (χ1v) is 10.7. The zero-order valence-electron chi connectivity index (χ0n) is 17.3. The Balaban J connectivity index is 1.37. The van der Waals surface area contributed by atoms with E-state index in [0.717, 1.165) is 31.5 Å². The first-order valence-electron chi connectivity index (χ1n) is 10.7. The number of piperidine rings is 1. The third kappa shape index (κ3) is 5.34. The Bertz CT molecular complexity index is 1060. The van der Waals surface area contributed by atoms with E-state index in [4.69, 9.17) is 0 Å². The number of alkyl halides is 3. The highest BCUT2D eigenvalue weighted by molar-refractivity contribution is 5.76. The van der Waals surface area contributed by atoms with Gasteiger partial charge in [-0.15, -0.1) is 0 Å². The molecule has 1 saturated heterocycles. The second kappa shape index (κ2) is 9.22. The first-order chi connectivity index (χ1) is 14.9. The van der Waals surface area contributed by atoms with Gasteiger partial charge >= 0.3 is 6.18 Å². The van der Waals surface area contributed by atoms with Crippen LogP contribution >= 0.6 is 0 Å². The highest BCUT2D eigenvalue weighted by Crippen LogP contribution is 2.34. The molecule has 0 amide bonds. The van der Waals surface area contributed by atoms with Crippen LogP contribution in [-0.2, 0) is 0 Å². The predicted octanol–water partition coefficient (Wildman–Crippen LogP) is 5.16. The van der Waals surface area contributed by atoms with Crippen molar-refractivity contribution < 1.29 is 13.2 Å². The SMILES string of the molecule is O=c1c2ccccc2ncn1C1CCN(CCC(CC(F)(F)F)c2ccccc2)CC1. The van der Waals surface area contributed by atoms with Crippen molar-refractivity contribution in [3.63, 3.8) is 0 Å². The maximum atomic E-state index is 13.1. The van der Waals surface area contributed by atoms with E-state index in [-0.39, 0.29) is 11.6 Å². The van der Waals surface area contributed by atoms with Crippen LogP contribution in [-0.4, -0.2) is 40.3 Å². The van der Waals surface area contributed by atoms with Crippen molar-refractivity contribution in [2.75, 3.05) is 19.6 Å². The lowest BCUT2D eigenvalue weighted by atomic mass is 9.91. The molecule has 1 unspecified atom stereocenters. The number of benzene rings is 2. The van der Waals surface area contributed by atoms with Gasteiger partial charge in [0.25, 0.3) is 5.56 Å². The number of nitrogens with zero attached hydrogens (tertiary/aromatic N) is 3. The molecule has 3 aromatic rings. The molecule has 0 spiro atoms. The fourth-order valence-electron chi connectivity index (χ4n) is 4.49. The van der Waals surface area contributed by atoms with Crippen LogP contribution in [0.4, 0.5) is 13.2 Å². The molecule has 31 heavy (non-hydrogen) atoms. The molecule has 4 nitrogen and oxygen atoms in total. The largest absolute Gasteiger partial charge is 0.389 e. The number of fused-ring (bicyclic) bond motifs is 1. The summed E-state index contributed by atoms with van der Waals surface area (Å²) in [5.41, 5.74) is 1.40. The van der Waals surface area contributed by atoms with Gasteiger partial charge in [-0.2, -0.15) is 13.2 Å². The van der Waals surface area contributed by atoms with E-state index in [0.29, 0.717) is 23.9 Å². The lowest BCUT2D eigenvalue weighted by Gasteiger charge is -2.33. The Morgan fingerprint density at radius 1 is 1.00 bits per heavy atom. The molecule has 1 aromatic heterocycles. The van der Waals surface area contributed by atoms with Gasteiger partial charge < -0.3 is 4.90 Å². The van der Waals surface area contributed by atoms with E-state index in [1.165, 1.54) is 0 Å². The molecule has 0 saturated carbocycles. The average molecular weight is 429 g/mol. The molecule has 2 aromatic carbocycles. The smallest absolute Gasteiger partial charge is 0.303 e. The van der Waals surface area contributed by atoms with Crippen molar-refractivity contribution >= 4 is 10.9 Å². The predicted molar refractivity (Wildman–Crippen MR) is 115 cm³/mol. The Morgan fingerprint density at radius 2 is 1.68 bits per heavy atom. The Morgan fingerprint density at radius 3 is 2.39 bits per heavy atom. The van der Waals surface area contributed by atoms with Crippen LogP contribution < -0.4 is 5.56 Å². The summed E-state index contributed by atoms with van der Waals surface area (Å²) in [4.78, 5) is 19.4. The summed E-state index contributed by atoms with van der Waals surface area (Å²) in [6, 6.07) is 16.3. The van der Waals surface area contributed by atoms with Crippen molar-refractivity contribution in [3.8, 4) is 0 Å². The van der Waals surface area contributed by atoms with Gasteiger partial charge in [0, 0.05) is 19.1 Å². The molecule has 1 atom stereocenters. The van der Waals surface area contributed by atoms with Gasteiger partial charge in [-0.05, 0) is 49.4 Å². The second-order valence-corrected chi connectivity index (χ2v) is 8.26. The van der Waals surface area contributed by atoms with Gasteiger partial charge in [-0.3, -0.25) is 9.36 Å². The summed E-state index contributed by atoms with van der Waals surface area (Å²) in [7, 11) is 0. The van der Waals surface area contributed by atoms with Gasteiger partial charge in [0.15, 0.2) is 0 Å². The zero-order chi connectivity index (χ0) is 21.8. The van der Waals surface area contributed by atoms with Crippen molar-refractivity contribution in [2.45, 2.75) is 43.8 Å². The summed E-state index contributed by atoms with van der Waals surface area (Å²) in [5, 5.41) is 0.616.